The van der Waals surface area contributed by atoms with Crippen molar-refractivity contribution in [1.29, 1.82) is 0 Å². The SMILES string of the molecule is O=C(NN=Cc1ccc(N2N=C(C=Cc3ccccc3)CC2c2ccccc2)cc1)c1cccnc1. The number of hydrogen-bond acceptors (Lipinski definition) is 5. The van der Waals surface area contributed by atoms with E-state index in [4.69, 9.17) is 5.10 Å². The highest BCUT2D eigenvalue weighted by Crippen LogP contribution is 2.35. The van der Waals surface area contributed by atoms with Crippen molar-refractivity contribution in [2.45, 2.75) is 12.5 Å². The summed E-state index contributed by atoms with van der Waals surface area (Å²) in [7, 11) is 0. The quantitative estimate of drug-likeness (QED) is 0.271. The standard InChI is InChI=1S/C30H25N5O/c36-30(26-12-7-19-31-22-26)33-32-21-24-14-17-28(18-15-24)35-29(25-10-5-2-6-11-25)20-27(34-35)16-13-23-8-3-1-4-9-23/h1-19,21-22,29H,20H2,(H,33,36). The fourth-order valence-electron chi connectivity index (χ4n) is 4.00. The minimum absolute atomic E-state index is 0.111. The molecule has 6 nitrogen and oxygen atoms in total. The lowest BCUT2D eigenvalue weighted by molar-refractivity contribution is 0.0955. The average molecular weight is 472 g/mol. The molecule has 4 aromatic rings. The molecule has 1 N–H and O–H groups in total. The lowest BCUT2D eigenvalue weighted by Crippen LogP contribution is -2.18. The van der Waals surface area contributed by atoms with Crippen LogP contribution in [-0.2, 0) is 0 Å². The number of amides is 1. The van der Waals surface area contributed by atoms with Gasteiger partial charge in [0.25, 0.3) is 5.91 Å². The Morgan fingerprint density at radius 1 is 0.861 bits per heavy atom. The van der Waals surface area contributed by atoms with E-state index in [1.54, 1.807) is 24.5 Å². The second-order valence-corrected chi connectivity index (χ2v) is 8.34. The Bertz CT molecular complexity index is 1380. The Balaban J connectivity index is 1.32. The number of allylic oxidation sites excluding steroid dienone is 1. The number of rotatable bonds is 7. The van der Waals surface area contributed by atoms with Crippen LogP contribution in [0, 0.1) is 0 Å². The van der Waals surface area contributed by atoms with Gasteiger partial charge in [0.05, 0.1) is 29.2 Å². The zero-order valence-corrected chi connectivity index (χ0v) is 19.6. The highest BCUT2D eigenvalue weighted by molar-refractivity contribution is 6.01. The molecule has 0 aliphatic carbocycles. The summed E-state index contributed by atoms with van der Waals surface area (Å²) in [6.07, 6.45) is 9.76. The summed E-state index contributed by atoms with van der Waals surface area (Å²) in [6.45, 7) is 0. The zero-order chi connectivity index (χ0) is 24.6. The number of benzene rings is 3. The maximum Gasteiger partial charge on any atom is 0.272 e. The Morgan fingerprint density at radius 2 is 1.61 bits per heavy atom. The van der Waals surface area contributed by atoms with Crippen molar-refractivity contribution >= 4 is 29.6 Å². The molecule has 176 valence electrons. The van der Waals surface area contributed by atoms with Crippen LogP contribution < -0.4 is 10.4 Å². The predicted molar refractivity (Wildman–Crippen MR) is 145 cm³/mol. The first-order valence-electron chi connectivity index (χ1n) is 11.7. The number of carbonyl (C=O) groups is 1. The molecule has 0 bridgehead atoms. The Kier molecular flexibility index (Phi) is 7.04. The molecule has 1 atom stereocenters. The van der Waals surface area contributed by atoms with Crippen LogP contribution in [0.3, 0.4) is 0 Å². The number of hydrogen-bond donors (Lipinski definition) is 1. The van der Waals surface area contributed by atoms with Crippen molar-refractivity contribution in [3.05, 3.63) is 138 Å². The lowest BCUT2D eigenvalue weighted by Gasteiger charge is -2.24. The first-order chi connectivity index (χ1) is 17.8. The van der Waals surface area contributed by atoms with E-state index in [-0.39, 0.29) is 11.9 Å². The third-order valence-corrected chi connectivity index (χ3v) is 5.85. The van der Waals surface area contributed by atoms with Crippen LogP contribution in [-0.4, -0.2) is 22.8 Å². The topological polar surface area (TPSA) is 70.0 Å². The van der Waals surface area contributed by atoms with Crippen LogP contribution in [0.4, 0.5) is 5.69 Å². The fourth-order valence-corrected chi connectivity index (χ4v) is 4.00. The first-order valence-corrected chi connectivity index (χ1v) is 11.7. The summed E-state index contributed by atoms with van der Waals surface area (Å²) in [5, 5.41) is 11.1. The van der Waals surface area contributed by atoms with Crippen LogP contribution in [0.25, 0.3) is 6.08 Å². The monoisotopic (exact) mass is 471 g/mol. The number of hydrazone groups is 2. The van der Waals surface area contributed by atoms with Crippen LogP contribution >= 0.6 is 0 Å². The molecule has 0 saturated carbocycles. The molecule has 1 aliphatic rings. The van der Waals surface area contributed by atoms with E-state index in [1.165, 1.54) is 11.8 Å². The number of carbonyl (C=O) groups excluding carboxylic acids is 1. The molecule has 0 spiro atoms. The van der Waals surface area contributed by atoms with Crippen molar-refractivity contribution in [2.75, 3.05) is 5.01 Å². The number of nitrogens with zero attached hydrogens (tertiary/aromatic N) is 4. The lowest BCUT2D eigenvalue weighted by atomic mass is 10.0. The predicted octanol–water partition coefficient (Wildman–Crippen LogP) is 5.87. The molecule has 3 aromatic carbocycles. The summed E-state index contributed by atoms with van der Waals surface area (Å²) in [5.74, 6) is -0.302. The summed E-state index contributed by atoms with van der Waals surface area (Å²) < 4.78 is 0. The Hall–Kier alpha value is -4.84. The van der Waals surface area contributed by atoms with Gasteiger partial charge in [-0.2, -0.15) is 10.2 Å². The first kappa shape index (κ1) is 22.9. The van der Waals surface area contributed by atoms with Gasteiger partial charge in [-0.25, -0.2) is 5.43 Å². The molecule has 0 radical (unpaired) electrons. The van der Waals surface area contributed by atoms with Gasteiger partial charge in [0.2, 0.25) is 0 Å². The van der Waals surface area contributed by atoms with Gasteiger partial charge in [-0.05, 0) is 47.0 Å². The van der Waals surface area contributed by atoms with E-state index >= 15 is 0 Å². The van der Waals surface area contributed by atoms with Gasteiger partial charge in [-0.15, -0.1) is 0 Å². The number of aromatic nitrogens is 1. The molecule has 0 saturated heterocycles. The van der Waals surface area contributed by atoms with Crippen LogP contribution in [0.2, 0.25) is 0 Å². The fraction of sp³-hybridized carbons (Fsp3) is 0.0667. The van der Waals surface area contributed by atoms with E-state index in [0.717, 1.165) is 28.9 Å². The van der Waals surface area contributed by atoms with E-state index in [0.29, 0.717) is 5.56 Å². The van der Waals surface area contributed by atoms with E-state index in [2.05, 4.69) is 69.1 Å². The largest absolute Gasteiger partial charge is 0.272 e. The molecular weight excluding hydrogens is 446 g/mol. The smallest absolute Gasteiger partial charge is 0.267 e. The molecule has 2 heterocycles. The maximum absolute atomic E-state index is 12.1. The molecule has 6 heteroatoms. The van der Waals surface area contributed by atoms with Gasteiger partial charge in [0.15, 0.2) is 0 Å². The molecule has 1 aromatic heterocycles. The van der Waals surface area contributed by atoms with Crippen LogP contribution in [0.1, 0.15) is 39.5 Å². The third kappa shape index (κ3) is 5.62. The van der Waals surface area contributed by atoms with Gasteiger partial charge >= 0.3 is 0 Å². The summed E-state index contributed by atoms with van der Waals surface area (Å²) in [6, 6.07) is 32.2. The van der Waals surface area contributed by atoms with Gasteiger partial charge < -0.3 is 0 Å². The van der Waals surface area contributed by atoms with Crippen LogP contribution in [0.15, 0.2) is 126 Å². The van der Waals surface area contributed by atoms with Crippen LogP contribution in [0.5, 0.6) is 0 Å². The molecule has 0 fully saturated rings. The second kappa shape index (κ2) is 11.1. The van der Waals surface area contributed by atoms with Crippen molar-refractivity contribution in [1.82, 2.24) is 10.4 Å². The van der Waals surface area contributed by atoms with Crippen molar-refractivity contribution in [3.8, 4) is 0 Å². The highest BCUT2D eigenvalue weighted by atomic mass is 16.2. The molecule has 1 unspecified atom stereocenters. The van der Waals surface area contributed by atoms with Gasteiger partial charge in [-0.3, -0.25) is 14.8 Å². The molecule has 5 rings (SSSR count). The van der Waals surface area contributed by atoms with Gasteiger partial charge in [-0.1, -0.05) is 78.9 Å². The number of nitrogens with one attached hydrogen (secondary N) is 1. The van der Waals surface area contributed by atoms with Gasteiger partial charge in [0.1, 0.15) is 0 Å². The molecule has 1 amide bonds. The van der Waals surface area contributed by atoms with E-state index in [9.17, 15) is 4.79 Å². The Labute approximate surface area is 210 Å². The average Bonchev–Trinajstić information content (AvgIpc) is 3.38. The molecule has 1 aliphatic heterocycles. The van der Waals surface area contributed by atoms with Crippen molar-refractivity contribution in [3.63, 3.8) is 0 Å². The number of pyridine rings is 1. The summed E-state index contributed by atoms with van der Waals surface area (Å²) in [5.41, 5.74) is 8.24. The van der Waals surface area contributed by atoms with Crippen molar-refractivity contribution in [2.24, 2.45) is 10.2 Å². The third-order valence-electron chi connectivity index (χ3n) is 5.85. The molecular formula is C30H25N5O. The number of anilines is 1. The highest BCUT2D eigenvalue weighted by Gasteiger charge is 2.28. The van der Waals surface area contributed by atoms with Gasteiger partial charge in [0, 0.05) is 18.8 Å². The molecule has 36 heavy (non-hydrogen) atoms. The summed E-state index contributed by atoms with van der Waals surface area (Å²) in [4.78, 5) is 16.1. The second-order valence-electron chi connectivity index (χ2n) is 8.34. The zero-order valence-electron chi connectivity index (χ0n) is 19.6. The summed E-state index contributed by atoms with van der Waals surface area (Å²) >= 11 is 0. The maximum atomic E-state index is 12.1. The minimum atomic E-state index is -0.302. The van der Waals surface area contributed by atoms with Crippen molar-refractivity contribution < 1.29 is 4.79 Å². The van der Waals surface area contributed by atoms with E-state index < -0.39 is 0 Å². The normalized spacial score (nSPS) is 15.4. The van der Waals surface area contributed by atoms with E-state index in [1.807, 2.05) is 48.5 Å². The minimum Gasteiger partial charge on any atom is -0.267 e. The Morgan fingerprint density at radius 3 is 2.33 bits per heavy atom.